The van der Waals surface area contributed by atoms with E-state index >= 15 is 0 Å². The zero-order valence-corrected chi connectivity index (χ0v) is 24.4. The summed E-state index contributed by atoms with van der Waals surface area (Å²) >= 11 is 3.25. The Morgan fingerprint density at radius 1 is 0.925 bits per heavy atom. The Bertz CT molecular complexity index is 1620. The molecule has 2 atom stereocenters. The van der Waals surface area contributed by atoms with Crippen LogP contribution < -0.4 is 4.74 Å². The van der Waals surface area contributed by atoms with Crippen molar-refractivity contribution in [1.82, 2.24) is 9.88 Å². The molecule has 1 N–H and O–H groups in total. The highest BCUT2D eigenvalue weighted by molar-refractivity contribution is 9.10. The van der Waals surface area contributed by atoms with E-state index in [0.29, 0.717) is 28.9 Å². The van der Waals surface area contributed by atoms with Gasteiger partial charge in [0, 0.05) is 29.8 Å². The van der Waals surface area contributed by atoms with Gasteiger partial charge in [0.05, 0.1) is 11.6 Å². The second kappa shape index (κ2) is 11.9. The lowest BCUT2D eigenvalue weighted by Crippen LogP contribution is -2.38. The fraction of sp³-hybridized carbons (Fsp3) is 0.206. The lowest BCUT2D eigenvalue weighted by Gasteiger charge is -2.39. The summed E-state index contributed by atoms with van der Waals surface area (Å²) < 4.78 is 20.7. The van der Waals surface area contributed by atoms with Crippen LogP contribution in [0.4, 0.5) is 4.39 Å². The average Bonchev–Trinajstić information content (AvgIpc) is 2.98. The Kier molecular flexibility index (Phi) is 8.31. The number of nitrogens with zero attached hydrogens (tertiary/aromatic N) is 2. The van der Waals surface area contributed by atoms with E-state index in [1.807, 2.05) is 80.8 Å². The highest BCUT2D eigenvalue weighted by Gasteiger charge is 2.43. The van der Waals surface area contributed by atoms with Crippen LogP contribution in [0, 0.1) is 5.82 Å². The number of hydrogen-bond donors (Lipinski definition) is 1. The first-order chi connectivity index (χ1) is 19.3. The number of ether oxygens (including phenoxy) is 1. The highest BCUT2D eigenvalue weighted by Crippen LogP contribution is 2.49. The van der Waals surface area contributed by atoms with Gasteiger partial charge in [-0.15, -0.1) is 0 Å². The van der Waals surface area contributed by atoms with Crippen LogP contribution >= 0.6 is 15.9 Å². The van der Waals surface area contributed by atoms with E-state index in [4.69, 9.17) is 4.74 Å². The molecule has 0 aliphatic carbocycles. The van der Waals surface area contributed by atoms with Gasteiger partial charge in [0.25, 0.3) is 0 Å². The molecule has 1 aromatic heterocycles. The average molecular weight is 600 g/mol. The van der Waals surface area contributed by atoms with Gasteiger partial charge in [-0.3, -0.25) is 0 Å². The molecule has 0 spiro atoms. The summed E-state index contributed by atoms with van der Waals surface area (Å²) in [6, 6.07) is 31.2. The lowest BCUT2D eigenvalue weighted by atomic mass is 9.70. The number of methoxy groups -OCH3 is 1. The third-order valence-electron chi connectivity index (χ3n) is 7.44. The molecule has 0 amide bonds. The van der Waals surface area contributed by atoms with Gasteiger partial charge in [-0.1, -0.05) is 78.9 Å². The molecular formula is C34H32BrFN2O2. The molecule has 5 rings (SSSR count). The second-order valence-electron chi connectivity index (χ2n) is 10.3. The zero-order valence-electron chi connectivity index (χ0n) is 22.8. The molecule has 0 radical (unpaired) electrons. The molecule has 1 heterocycles. The molecule has 0 aliphatic rings. The smallest absolute Gasteiger partial charge is 0.217 e. The van der Waals surface area contributed by atoms with Crippen molar-refractivity contribution in [3.63, 3.8) is 0 Å². The predicted octanol–water partition coefficient (Wildman–Crippen LogP) is 7.78. The molecular weight excluding hydrogens is 567 g/mol. The number of hydrogen-bond acceptors (Lipinski definition) is 4. The van der Waals surface area contributed by atoms with Gasteiger partial charge in [-0.25, -0.2) is 9.37 Å². The van der Waals surface area contributed by atoms with Crippen molar-refractivity contribution in [2.75, 3.05) is 27.7 Å². The maximum atomic E-state index is 14.5. The van der Waals surface area contributed by atoms with Crippen molar-refractivity contribution in [3.8, 4) is 17.0 Å². The van der Waals surface area contributed by atoms with Crippen LogP contribution in [-0.2, 0) is 5.60 Å². The standard InChI is InChI=1S/C34H32BrFN2O2/c1-38(2)19-18-34(39,29-15-9-13-23-10-7-8-14-27(23)29)32(24-11-5-4-6-12-24)28-20-26(22-37-33(28)40-3)25-16-17-30(35)31(36)21-25/h4-17,20-22,32,39H,18-19H2,1-3H3. The SMILES string of the molecule is COc1ncc(-c2ccc(Br)c(F)c2)cc1C(c1ccccc1)C(O)(CCN(C)C)c1cccc2ccccc12. The first-order valence-corrected chi connectivity index (χ1v) is 14.0. The minimum atomic E-state index is -1.34. The molecule has 0 bridgehead atoms. The van der Waals surface area contributed by atoms with Crippen LogP contribution in [0.15, 0.2) is 108 Å². The second-order valence-corrected chi connectivity index (χ2v) is 11.2. The third-order valence-corrected chi connectivity index (χ3v) is 8.09. The molecule has 40 heavy (non-hydrogen) atoms. The quantitative estimate of drug-likeness (QED) is 0.188. The fourth-order valence-electron chi connectivity index (χ4n) is 5.47. The number of pyridine rings is 1. The van der Waals surface area contributed by atoms with Crippen molar-refractivity contribution < 1.29 is 14.2 Å². The van der Waals surface area contributed by atoms with Crippen LogP contribution in [0.2, 0.25) is 0 Å². The van der Waals surface area contributed by atoms with Crippen LogP contribution in [0.25, 0.3) is 21.9 Å². The van der Waals surface area contributed by atoms with Gasteiger partial charge in [0.2, 0.25) is 5.88 Å². The normalized spacial score (nSPS) is 13.8. The maximum absolute atomic E-state index is 14.5. The fourth-order valence-corrected chi connectivity index (χ4v) is 5.72. The van der Waals surface area contributed by atoms with Crippen molar-refractivity contribution >= 4 is 26.7 Å². The van der Waals surface area contributed by atoms with Gasteiger partial charge >= 0.3 is 0 Å². The van der Waals surface area contributed by atoms with E-state index in [1.54, 1.807) is 19.4 Å². The van der Waals surface area contributed by atoms with E-state index in [-0.39, 0.29) is 5.82 Å². The summed E-state index contributed by atoms with van der Waals surface area (Å²) in [7, 11) is 5.60. The Morgan fingerprint density at radius 3 is 2.38 bits per heavy atom. The monoisotopic (exact) mass is 598 g/mol. The summed E-state index contributed by atoms with van der Waals surface area (Å²) in [6.07, 6.45) is 2.14. The van der Waals surface area contributed by atoms with E-state index < -0.39 is 11.5 Å². The Balaban J connectivity index is 1.80. The molecule has 2 unspecified atom stereocenters. The Labute approximate surface area is 243 Å². The number of fused-ring (bicyclic) bond motifs is 1. The number of aromatic nitrogens is 1. The topological polar surface area (TPSA) is 45.6 Å². The molecule has 4 nitrogen and oxygen atoms in total. The largest absolute Gasteiger partial charge is 0.481 e. The van der Waals surface area contributed by atoms with Crippen molar-refractivity contribution in [2.45, 2.75) is 17.9 Å². The Morgan fingerprint density at radius 2 is 1.65 bits per heavy atom. The summed E-state index contributed by atoms with van der Waals surface area (Å²) in [5, 5.41) is 15.1. The predicted molar refractivity (Wildman–Crippen MR) is 163 cm³/mol. The van der Waals surface area contributed by atoms with E-state index in [9.17, 15) is 9.50 Å². The van der Waals surface area contributed by atoms with E-state index in [2.05, 4.69) is 44.0 Å². The van der Waals surface area contributed by atoms with Gasteiger partial charge < -0.3 is 14.7 Å². The van der Waals surface area contributed by atoms with E-state index in [0.717, 1.165) is 33.0 Å². The van der Waals surface area contributed by atoms with Gasteiger partial charge in [0.15, 0.2) is 0 Å². The summed E-state index contributed by atoms with van der Waals surface area (Å²) in [5.74, 6) is -0.478. The molecule has 204 valence electrons. The van der Waals surface area contributed by atoms with Gasteiger partial charge in [-0.2, -0.15) is 0 Å². The minimum Gasteiger partial charge on any atom is -0.481 e. The minimum absolute atomic E-state index is 0.354. The van der Waals surface area contributed by atoms with Gasteiger partial charge in [0.1, 0.15) is 11.4 Å². The zero-order chi connectivity index (χ0) is 28.3. The maximum Gasteiger partial charge on any atom is 0.217 e. The van der Waals surface area contributed by atoms with Crippen LogP contribution in [0.1, 0.15) is 29.0 Å². The third kappa shape index (κ3) is 5.52. The molecule has 5 aromatic rings. The highest BCUT2D eigenvalue weighted by atomic mass is 79.9. The van der Waals surface area contributed by atoms with Crippen LogP contribution in [0.5, 0.6) is 5.88 Å². The van der Waals surface area contributed by atoms with Crippen LogP contribution in [0.3, 0.4) is 0 Å². The molecule has 0 fully saturated rings. The molecule has 6 heteroatoms. The molecule has 0 saturated carbocycles. The van der Waals surface area contributed by atoms with Gasteiger partial charge in [-0.05, 0) is 82.1 Å². The number of rotatable bonds is 9. The number of benzene rings is 4. The van der Waals surface area contributed by atoms with Crippen molar-refractivity contribution in [2.24, 2.45) is 0 Å². The number of halogens is 2. The van der Waals surface area contributed by atoms with Crippen molar-refractivity contribution in [1.29, 1.82) is 0 Å². The first kappa shape index (κ1) is 28.0. The summed E-state index contributed by atoms with van der Waals surface area (Å²) in [6.45, 7) is 0.649. The van der Waals surface area contributed by atoms with Crippen LogP contribution in [-0.4, -0.2) is 42.7 Å². The summed E-state index contributed by atoms with van der Waals surface area (Å²) in [5.41, 5.74) is 2.57. The Hall–Kier alpha value is -3.58. The first-order valence-electron chi connectivity index (χ1n) is 13.2. The number of aliphatic hydroxyl groups is 1. The molecule has 0 aliphatic heterocycles. The van der Waals surface area contributed by atoms with Crippen molar-refractivity contribution in [3.05, 3.63) is 130 Å². The molecule has 4 aromatic carbocycles. The molecule has 0 saturated heterocycles. The lowest BCUT2D eigenvalue weighted by molar-refractivity contribution is 0.00517. The van der Waals surface area contributed by atoms with E-state index in [1.165, 1.54) is 6.07 Å². The summed E-state index contributed by atoms with van der Waals surface area (Å²) in [4.78, 5) is 6.74.